The second kappa shape index (κ2) is 28.3. The molecule has 0 radical (unpaired) electrons. The van der Waals surface area contributed by atoms with Crippen LogP contribution in [0.4, 0.5) is 26.3 Å². The maximum absolute atomic E-state index is 13.2. The van der Waals surface area contributed by atoms with E-state index in [1.165, 1.54) is 24.3 Å². The molecule has 0 bridgehead atoms. The Morgan fingerprint density at radius 1 is 0.610 bits per heavy atom. The summed E-state index contributed by atoms with van der Waals surface area (Å²) in [5.41, 5.74) is 7.26. The highest BCUT2D eigenvalue weighted by Crippen LogP contribution is 2.40. The van der Waals surface area contributed by atoms with Crippen molar-refractivity contribution in [3.05, 3.63) is 118 Å². The smallest absolute Gasteiger partial charge is 0.437 e. The fourth-order valence-corrected chi connectivity index (χ4v) is 7.65. The molecule has 6 rings (SSSR count). The second-order valence-corrected chi connectivity index (χ2v) is 19.8. The van der Waals surface area contributed by atoms with Crippen molar-refractivity contribution in [3.63, 3.8) is 0 Å². The molecule has 0 fully saturated rings. The van der Waals surface area contributed by atoms with Crippen LogP contribution in [-0.4, -0.2) is 63.7 Å². The number of aryl methyl sites for hydroxylation is 2. The van der Waals surface area contributed by atoms with Crippen LogP contribution in [0.25, 0.3) is 21.9 Å². The molecule has 0 aliphatic rings. The molecule has 0 atom stereocenters. The van der Waals surface area contributed by atoms with Crippen molar-refractivity contribution in [2.45, 2.75) is 156 Å². The molecule has 0 aliphatic carbocycles. The second-order valence-electron chi connectivity index (χ2n) is 19.8. The van der Waals surface area contributed by atoms with Gasteiger partial charge in [-0.3, -0.25) is 19.2 Å². The minimum atomic E-state index is -4.61. The van der Waals surface area contributed by atoms with Crippen molar-refractivity contribution >= 4 is 45.8 Å². The first kappa shape index (κ1) is 62.4. The van der Waals surface area contributed by atoms with E-state index in [0.29, 0.717) is 80.7 Å². The van der Waals surface area contributed by atoms with Crippen LogP contribution in [0.1, 0.15) is 139 Å². The number of carbonyl (C=O) groups excluding carboxylic acids is 3. The fourth-order valence-electron chi connectivity index (χ4n) is 7.65. The normalized spacial score (nSPS) is 11.8. The topological polar surface area (TPSA) is 216 Å². The number of alkyl halides is 6. The molecule has 2 heterocycles. The number of carboxylic acids is 1. The number of aliphatic carboxylic acids is 1. The quantitative estimate of drug-likeness (QED) is 0.0347. The van der Waals surface area contributed by atoms with Crippen LogP contribution < -0.4 is 20.5 Å². The molecule has 1 amide bonds. The molecular weight excluding hydrogens is 1020 g/mol. The summed E-state index contributed by atoms with van der Waals surface area (Å²) in [4.78, 5) is 46.4. The largest absolute Gasteiger partial charge is 0.493 e. The van der Waals surface area contributed by atoms with Gasteiger partial charge in [-0.05, 0) is 114 Å². The molecule has 2 aromatic heterocycles. The standard InChI is InChI=1S/C28H33F3N2O5.C15H16F3NO4.C13H19NO2/c1-5-8-20-22(13-12-21-25(20)38-33-26(21)28(29,30)31)36-14-7-11-23(34)32-17-19-10-6-9-18(15-19)16-24(35)37-27(2,3)4;1-2-4-9-11(22-8-3-5-12(20)21)7-6-10-13(9)23-19-14(10)15(16,17)18;1-13(2,3)16-12(15)8-10-5-4-6-11(7-10)9-14/h6,9-10,12-13,15H,5,7-8,11,14,16-17H2,1-4H3,(H,32,34);6-7H,2-5,8H2,1H3,(H,20,21);4-7H,8-9,14H2,1-3H3. The summed E-state index contributed by atoms with van der Waals surface area (Å²) in [6.45, 7) is 16.0. The number of benzene rings is 4. The lowest BCUT2D eigenvalue weighted by molar-refractivity contribution is -0.155. The van der Waals surface area contributed by atoms with E-state index in [9.17, 15) is 45.5 Å². The zero-order valence-corrected chi connectivity index (χ0v) is 44.6. The van der Waals surface area contributed by atoms with Crippen molar-refractivity contribution in [1.29, 1.82) is 0 Å². The van der Waals surface area contributed by atoms with Crippen LogP contribution in [0.2, 0.25) is 0 Å². The van der Waals surface area contributed by atoms with Gasteiger partial charge in [0, 0.05) is 37.1 Å². The monoisotopic (exact) mass is 1090 g/mol. The van der Waals surface area contributed by atoms with Gasteiger partial charge in [0.15, 0.2) is 22.6 Å². The van der Waals surface area contributed by atoms with Gasteiger partial charge in [-0.2, -0.15) is 26.3 Å². The van der Waals surface area contributed by atoms with E-state index >= 15 is 0 Å². The average Bonchev–Trinajstić information content (AvgIpc) is 3.98. The zero-order chi connectivity index (χ0) is 57.1. The summed E-state index contributed by atoms with van der Waals surface area (Å²) in [6.07, 6.45) is -5.55. The lowest BCUT2D eigenvalue weighted by atomic mass is 10.0. The molecule has 0 saturated heterocycles. The number of hydrogen-bond acceptors (Lipinski definition) is 13. The highest BCUT2D eigenvalue weighted by atomic mass is 19.4. The van der Waals surface area contributed by atoms with Gasteiger partial charge in [0.1, 0.15) is 22.7 Å². The van der Waals surface area contributed by atoms with Gasteiger partial charge in [-0.1, -0.05) is 85.5 Å². The van der Waals surface area contributed by atoms with Crippen LogP contribution in [0.15, 0.2) is 81.8 Å². The Balaban J connectivity index is 0.000000277. The van der Waals surface area contributed by atoms with Crippen LogP contribution in [-0.2, 0) is 79.8 Å². The Labute approximate surface area is 443 Å². The number of nitrogens with zero attached hydrogens (tertiary/aromatic N) is 2. The number of ether oxygens (including phenoxy) is 4. The molecule has 0 saturated carbocycles. The van der Waals surface area contributed by atoms with Gasteiger partial charge < -0.3 is 44.2 Å². The Morgan fingerprint density at radius 2 is 1.03 bits per heavy atom. The first-order valence-electron chi connectivity index (χ1n) is 25.1. The number of nitrogens with one attached hydrogen (secondary N) is 1. The van der Waals surface area contributed by atoms with Crippen LogP contribution in [0.5, 0.6) is 11.5 Å². The molecule has 4 N–H and O–H groups in total. The summed E-state index contributed by atoms with van der Waals surface area (Å²) in [6, 6.07) is 20.6. The molecule has 420 valence electrons. The number of carboxylic acid groups (broad SMARTS) is 1. The molecule has 0 aliphatic heterocycles. The Morgan fingerprint density at radius 3 is 1.43 bits per heavy atom. The Kier molecular flexibility index (Phi) is 22.9. The maximum Gasteiger partial charge on any atom is 0.437 e. The predicted molar refractivity (Wildman–Crippen MR) is 275 cm³/mol. The molecule has 4 aromatic carbocycles. The van der Waals surface area contributed by atoms with Crippen molar-refractivity contribution in [2.75, 3.05) is 13.2 Å². The number of hydrogen-bond donors (Lipinski definition) is 3. The van der Waals surface area contributed by atoms with E-state index in [-0.39, 0.29) is 72.3 Å². The van der Waals surface area contributed by atoms with Gasteiger partial charge in [0.25, 0.3) is 0 Å². The van der Waals surface area contributed by atoms with Gasteiger partial charge in [-0.15, -0.1) is 0 Å². The Hall–Kier alpha value is -7.16. The van der Waals surface area contributed by atoms with E-state index in [4.69, 9.17) is 38.8 Å². The zero-order valence-electron chi connectivity index (χ0n) is 44.6. The van der Waals surface area contributed by atoms with Crippen LogP contribution in [0.3, 0.4) is 0 Å². The first-order valence-corrected chi connectivity index (χ1v) is 25.1. The van der Waals surface area contributed by atoms with Crippen molar-refractivity contribution in [1.82, 2.24) is 15.6 Å². The van der Waals surface area contributed by atoms with Gasteiger partial charge in [0.05, 0.1) is 36.8 Å². The lowest BCUT2D eigenvalue weighted by Gasteiger charge is -2.19. The van der Waals surface area contributed by atoms with E-state index in [1.54, 1.807) is 0 Å². The van der Waals surface area contributed by atoms with E-state index in [2.05, 4.69) is 15.6 Å². The molecule has 0 spiro atoms. The minimum absolute atomic E-state index is 0.0358. The third kappa shape index (κ3) is 20.7. The number of halogens is 6. The number of rotatable bonds is 21. The average molecular weight is 1090 g/mol. The van der Waals surface area contributed by atoms with Crippen molar-refractivity contribution < 1.29 is 78.6 Å². The van der Waals surface area contributed by atoms with Gasteiger partial charge in [-0.25, -0.2) is 0 Å². The maximum atomic E-state index is 13.2. The van der Waals surface area contributed by atoms with Crippen molar-refractivity contribution in [3.8, 4) is 11.5 Å². The minimum Gasteiger partial charge on any atom is -0.493 e. The summed E-state index contributed by atoms with van der Waals surface area (Å²) < 4.78 is 110. The van der Waals surface area contributed by atoms with Crippen molar-refractivity contribution in [2.24, 2.45) is 5.73 Å². The fraction of sp³-hybridized carbons (Fsp3) is 0.464. The number of nitrogens with two attached hydrogens (primary N) is 1. The summed E-state index contributed by atoms with van der Waals surface area (Å²) in [7, 11) is 0. The molecular formula is C56H68F6N4O11. The van der Waals surface area contributed by atoms with Gasteiger partial charge >= 0.3 is 30.3 Å². The lowest BCUT2D eigenvalue weighted by Crippen LogP contribution is -2.25. The third-order valence-corrected chi connectivity index (χ3v) is 10.8. The number of aromatic nitrogens is 2. The van der Waals surface area contributed by atoms with Gasteiger partial charge in [0.2, 0.25) is 5.91 Å². The number of amides is 1. The molecule has 21 heteroatoms. The summed E-state index contributed by atoms with van der Waals surface area (Å²) in [5, 5.41) is 17.6. The third-order valence-electron chi connectivity index (χ3n) is 10.8. The Bertz CT molecular complexity index is 2900. The SMILES string of the molecule is CC(C)(C)OC(=O)Cc1cccc(CN)c1.CCCc1c(OCCCC(=O)NCc2cccc(CC(=O)OC(C)(C)C)c2)ccc2c(C(F)(F)F)noc12.CCCc1c(OCCCC(=O)O)ccc2c(C(F)(F)F)noc12. The molecule has 6 aromatic rings. The predicted octanol–water partition coefficient (Wildman–Crippen LogP) is 12.2. The number of fused-ring (bicyclic) bond motifs is 2. The molecule has 0 unspecified atom stereocenters. The van der Waals surface area contributed by atoms with E-state index in [1.807, 2.05) is 104 Å². The molecule has 15 nitrogen and oxygen atoms in total. The summed E-state index contributed by atoms with van der Waals surface area (Å²) in [5.74, 6) is -0.796. The van der Waals surface area contributed by atoms with Crippen LogP contribution in [0, 0.1) is 0 Å². The highest BCUT2D eigenvalue weighted by molar-refractivity contribution is 5.86. The first-order chi connectivity index (χ1) is 36.1. The molecule has 77 heavy (non-hydrogen) atoms. The van der Waals surface area contributed by atoms with E-state index in [0.717, 1.165) is 22.3 Å². The number of carbonyl (C=O) groups is 4. The van der Waals surface area contributed by atoms with Crippen LogP contribution >= 0.6 is 0 Å². The highest BCUT2D eigenvalue weighted by Gasteiger charge is 2.39. The summed E-state index contributed by atoms with van der Waals surface area (Å²) >= 11 is 0. The van der Waals surface area contributed by atoms with E-state index < -0.39 is 40.9 Å². The number of esters is 2.